The third-order valence-corrected chi connectivity index (χ3v) is 4.36. The average Bonchev–Trinajstić information content (AvgIpc) is 3.16. The summed E-state index contributed by atoms with van der Waals surface area (Å²) < 4.78 is 10.6. The standard InChI is InChI=1S/C17H15ClO3/c1-12-8-6-7-11-14(12)16(13-9-4-3-5-10-13)17(18,21-16)15(19)20-2/h3-11H,1-2H3. The summed E-state index contributed by atoms with van der Waals surface area (Å²) in [6.45, 7) is 1.97. The molecule has 0 radical (unpaired) electrons. The van der Waals surface area contributed by atoms with E-state index in [0.717, 1.165) is 16.7 Å². The van der Waals surface area contributed by atoms with Crippen LogP contribution < -0.4 is 0 Å². The average molecular weight is 303 g/mol. The van der Waals surface area contributed by atoms with Crippen LogP contribution in [0, 0.1) is 6.92 Å². The fraction of sp³-hybridized carbons (Fsp3) is 0.235. The molecule has 1 aliphatic heterocycles. The van der Waals surface area contributed by atoms with Crippen molar-refractivity contribution in [2.24, 2.45) is 0 Å². The van der Waals surface area contributed by atoms with E-state index in [-0.39, 0.29) is 0 Å². The number of alkyl halides is 1. The molecule has 0 amide bonds. The number of esters is 1. The largest absolute Gasteiger partial charge is 0.466 e. The summed E-state index contributed by atoms with van der Waals surface area (Å²) in [6.07, 6.45) is 0. The summed E-state index contributed by atoms with van der Waals surface area (Å²) in [7, 11) is 1.31. The molecule has 2 aromatic rings. The molecule has 0 N–H and O–H groups in total. The van der Waals surface area contributed by atoms with Gasteiger partial charge in [-0.2, -0.15) is 0 Å². The summed E-state index contributed by atoms with van der Waals surface area (Å²) in [5.74, 6) is -0.587. The van der Waals surface area contributed by atoms with Crippen molar-refractivity contribution in [1.29, 1.82) is 0 Å². The van der Waals surface area contributed by atoms with E-state index in [1.54, 1.807) is 0 Å². The predicted octanol–water partition coefficient (Wildman–Crippen LogP) is 3.38. The lowest BCUT2D eigenvalue weighted by molar-refractivity contribution is -0.143. The van der Waals surface area contributed by atoms with Crippen molar-refractivity contribution >= 4 is 17.6 Å². The van der Waals surface area contributed by atoms with Crippen molar-refractivity contribution in [2.45, 2.75) is 17.6 Å². The van der Waals surface area contributed by atoms with Crippen molar-refractivity contribution in [2.75, 3.05) is 7.11 Å². The number of epoxide rings is 1. The molecule has 0 spiro atoms. The number of hydrogen-bond acceptors (Lipinski definition) is 3. The van der Waals surface area contributed by atoms with Gasteiger partial charge in [0.1, 0.15) is 0 Å². The zero-order chi connectivity index (χ0) is 15.1. The topological polar surface area (TPSA) is 38.8 Å². The van der Waals surface area contributed by atoms with Crippen LogP contribution in [0.5, 0.6) is 0 Å². The first-order valence-electron chi connectivity index (χ1n) is 6.65. The lowest BCUT2D eigenvalue weighted by atomic mass is 9.85. The van der Waals surface area contributed by atoms with Crippen molar-refractivity contribution in [3.63, 3.8) is 0 Å². The molecule has 3 rings (SSSR count). The molecule has 3 nitrogen and oxygen atoms in total. The van der Waals surface area contributed by atoms with Gasteiger partial charge < -0.3 is 9.47 Å². The molecule has 0 bridgehead atoms. The van der Waals surface area contributed by atoms with Crippen LogP contribution in [-0.4, -0.2) is 18.1 Å². The zero-order valence-corrected chi connectivity index (χ0v) is 12.6. The monoisotopic (exact) mass is 302 g/mol. The van der Waals surface area contributed by atoms with Gasteiger partial charge in [-0.15, -0.1) is 0 Å². The third-order valence-electron chi connectivity index (χ3n) is 3.86. The van der Waals surface area contributed by atoms with E-state index < -0.39 is 16.6 Å². The molecule has 1 saturated heterocycles. The summed E-state index contributed by atoms with van der Waals surface area (Å²) in [4.78, 5) is 12.1. The van der Waals surface area contributed by atoms with Crippen molar-refractivity contribution in [3.8, 4) is 0 Å². The number of carbonyl (C=O) groups is 1. The highest BCUT2D eigenvalue weighted by Gasteiger charge is 2.77. The molecule has 0 aromatic heterocycles. The van der Waals surface area contributed by atoms with Gasteiger partial charge in [-0.1, -0.05) is 66.2 Å². The Kier molecular flexibility index (Phi) is 3.27. The maximum Gasteiger partial charge on any atom is 0.358 e. The third kappa shape index (κ3) is 1.88. The van der Waals surface area contributed by atoms with Gasteiger partial charge in [0.25, 0.3) is 5.06 Å². The number of ether oxygens (including phenoxy) is 2. The van der Waals surface area contributed by atoms with Crippen molar-refractivity contribution in [1.82, 2.24) is 0 Å². The van der Waals surface area contributed by atoms with Crippen LogP contribution in [0.1, 0.15) is 16.7 Å². The number of methoxy groups -OCH3 is 1. The van der Waals surface area contributed by atoms with Gasteiger partial charge in [0, 0.05) is 0 Å². The maximum atomic E-state index is 12.1. The first-order valence-corrected chi connectivity index (χ1v) is 7.03. The van der Waals surface area contributed by atoms with Gasteiger partial charge in [0.05, 0.1) is 7.11 Å². The minimum absolute atomic E-state index is 0.587. The molecule has 4 heteroatoms. The fourth-order valence-electron chi connectivity index (χ4n) is 2.77. The van der Waals surface area contributed by atoms with E-state index in [4.69, 9.17) is 21.1 Å². The summed E-state index contributed by atoms with van der Waals surface area (Å²) in [6, 6.07) is 17.2. The Labute approximate surface area is 128 Å². The van der Waals surface area contributed by atoms with Crippen LogP contribution in [0.15, 0.2) is 54.6 Å². The van der Waals surface area contributed by atoms with E-state index >= 15 is 0 Å². The molecule has 1 aliphatic rings. The zero-order valence-electron chi connectivity index (χ0n) is 11.8. The van der Waals surface area contributed by atoms with Gasteiger partial charge in [-0.05, 0) is 23.6 Å². The van der Waals surface area contributed by atoms with E-state index in [9.17, 15) is 4.79 Å². The highest BCUT2D eigenvalue weighted by Crippen LogP contribution is 2.63. The molecule has 2 aromatic carbocycles. The van der Waals surface area contributed by atoms with Crippen LogP contribution in [0.4, 0.5) is 0 Å². The van der Waals surface area contributed by atoms with Gasteiger partial charge >= 0.3 is 5.97 Å². The van der Waals surface area contributed by atoms with E-state index in [0.29, 0.717) is 0 Å². The fourth-order valence-corrected chi connectivity index (χ4v) is 3.17. The highest BCUT2D eigenvalue weighted by molar-refractivity contribution is 6.36. The van der Waals surface area contributed by atoms with Crippen molar-refractivity contribution < 1.29 is 14.3 Å². The molecular formula is C17H15ClO3. The normalized spacial score (nSPS) is 27.2. The number of carbonyl (C=O) groups excluding carboxylic acids is 1. The SMILES string of the molecule is COC(=O)C1(Cl)OC1(c1ccccc1)c1ccccc1C. The molecular weight excluding hydrogens is 288 g/mol. The Hall–Kier alpha value is -1.84. The predicted molar refractivity (Wildman–Crippen MR) is 80.1 cm³/mol. The number of rotatable bonds is 3. The maximum absolute atomic E-state index is 12.1. The molecule has 0 aliphatic carbocycles. The molecule has 2 atom stereocenters. The highest BCUT2D eigenvalue weighted by atomic mass is 35.5. The van der Waals surface area contributed by atoms with Crippen molar-refractivity contribution in [3.05, 3.63) is 71.3 Å². The second-order valence-electron chi connectivity index (χ2n) is 5.05. The van der Waals surface area contributed by atoms with Gasteiger partial charge in [0.15, 0.2) is 5.60 Å². The van der Waals surface area contributed by atoms with Gasteiger partial charge in [0.2, 0.25) is 0 Å². The van der Waals surface area contributed by atoms with Crippen LogP contribution in [0.25, 0.3) is 0 Å². The Bertz CT molecular complexity index is 685. The van der Waals surface area contributed by atoms with Gasteiger partial charge in [-0.3, -0.25) is 0 Å². The molecule has 1 fully saturated rings. The summed E-state index contributed by atoms with van der Waals surface area (Å²) in [5, 5.41) is -1.52. The van der Waals surface area contributed by atoms with E-state index in [1.807, 2.05) is 61.5 Å². The van der Waals surface area contributed by atoms with E-state index in [1.165, 1.54) is 7.11 Å². The van der Waals surface area contributed by atoms with Crippen LogP contribution >= 0.6 is 11.6 Å². The first-order chi connectivity index (χ1) is 10.1. The van der Waals surface area contributed by atoms with E-state index in [2.05, 4.69) is 0 Å². The lowest BCUT2D eigenvalue weighted by Crippen LogP contribution is -2.30. The molecule has 2 unspecified atom stereocenters. The smallest absolute Gasteiger partial charge is 0.358 e. The second kappa shape index (κ2) is 4.86. The molecule has 21 heavy (non-hydrogen) atoms. The molecule has 108 valence electrons. The molecule has 0 saturated carbocycles. The summed E-state index contributed by atoms with van der Waals surface area (Å²) in [5.41, 5.74) is 1.71. The lowest BCUT2D eigenvalue weighted by Gasteiger charge is -2.18. The second-order valence-corrected chi connectivity index (χ2v) is 5.58. The minimum Gasteiger partial charge on any atom is -0.466 e. The number of halogens is 1. The van der Waals surface area contributed by atoms with Crippen LogP contribution in [-0.2, 0) is 19.9 Å². The number of aryl methyl sites for hydroxylation is 1. The summed E-state index contributed by atoms with van der Waals surface area (Å²) >= 11 is 6.46. The Morgan fingerprint density at radius 2 is 1.71 bits per heavy atom. The first kappa shape index (κ1) is 14.1. The Balaban J connectivity index is 2.20. The van der Waals surface area contributed by atoms with Gasteiger partial charge in [-0.25, -0.2) is 4.79 Å². The van der Waals surface area contributed by atoms with Crippen LogP contribution in [0.3, 0.4) is 0 Å². The quantitative estimate of drug-likeness (QED) is 0.496. The van der Waals surface area contributed by atoms with Crippen LogP contribution in [0.2, 0.25) is 0 Å². The molecule has 1 heterocycles. The number of benzene rings is 2. The number of hydrogen-bond donors (Lipinski definition) is 0. The minimum atomic E-state index is -1.52. The Morgan fingerprint density at radius 3 is 2.33 bits per heavy atom. The Morgan fingerprint density at radius 1 is 1.10 bits per heavy atom.